The van der Waals surface area contributed by atoms with E-state index in [0.29, 0.717) is 10.7 Å². The number of hydrogen-bond donors (Lipinski definition) is 1. The van der Waals surface area contributed by atoms with Gasteiger partial charge in [-0.3, -0.25) is 5.32 Å². The Labute approximate surface area is 97.5 Å². The molecule has 2 aliphatic rings. The Bertz CT molecular complexity index is 214. The number of nitrogens with one attached hydrogen (secondary N) is 1. The summed E-state index contributed by atoms with van der Waals surface area (Å²) in [7, 11) is 0. The number of ether oxygens (including phenoxy) is 1. The van der Waals surface area contributed by atoms with Crippen molar-refractivity contribution >= 4 is 11.8 Å². The molecule has 2 fully saturated rings. The van der Waals surface area contributed by atoms with Gasteiger partial charge < -0.3 is 4.74 Å². The fourth-order valence-corrected chi connectivity index (χ4v) is 3.70. The molecule has 2 saturated heterocycles. The van der Waals surface area contributed by atoms with Crippen molar-refractivity contribution in [2.24, 2.45) is 5.41 Å². The minimum Gasteiger partial charge on any atom is -0.359 e. The van der Waals surface area contributed by atoms with Gasteiger partial charge in [-0.2, -0.15) is 11.8 Å². The fraction of sp³-hybridized carbons (Fsp3) is 1.00. The number of rotatable bonds is 1. The van der Waals surface area contributed by atoms with Crippen LogP contribution in [-0.2, 0) is 4.74 Å². The summed E-state index contributed by atoms with van der Waals surface area (Å²) in [6.45, 7) is 8.69. The first kappa shape index (κ1) is 11.7. The standard InChI is InChI=1S/C12H23NOS/c1-11(2)8-13-12(3,14-9-11)10-6-4-5-7-15-10/h10,13H,4-9H2,1-3H3. The molecule has 2 nitrogen and oxygen atoms in total. The van der Waals surface area contributed by atoms with Crippen molar-refractivity contribution in [3.63, 3.8) is 0 Å². The highest BCUT2D eigenvalue weighted by Crippen LogP contribution is 2.37. The van der Waals surface area contributed by atoms with Gasteiger partial charge in [0, 0.05) is 17.2 Å². The predicted molar refractivity (Wildman–Crippen MR) is 66.2 cm³/mol. The monoisotopic (exact) mass is 229 g/mol. The molecule has 0 saturated carbocycles. The van der Waals surface area contributed by atoms with Crippen LogP contribution in [0.5, 0.6) is 0 Å². The second kappa shape index (κ2) is 4.27. The second-order valence-corrected chi connectivity index (χ2v) is 7.08. The van der Waals surface area contributed by atoms with Gasteiger partial charge in [-0.25, -0.2) is 0 Å². The molecule has 0 spiro atoms. The van der Waals surface area contributed by atoms with Crippen molar-refractivity contribution in [3.05, 3.63) is 0 Å². The Kier molecular flexibility index (Phi) is 3.34. The molecule has 0 bridgehead atoms. The molecular weight excluding hydrogens is 206 g/mol. The van der Waals surface area contributed by atoms with Crippen LogP contribution >= 0.6 is 11.8 Å². The molecule has 2 unspecified atom stereocenters. The Morgan fingerprint density at radius 2 is 2.07 bits per heavy atom. The summed E-state index contributed by atoms with van der Waals surface area (Å²) in [6.07, 6.45) is 4.04. The topological polar surface area (TPSA) is 21.3 Å². The zero-order chi connectivity index (χ0) is 10.9. The lowest BCUT2D eigenvalue weighted by Gasteiger charge is -2.47. The molecule has 2 heterocycles. The molecule has 0 radical (unpaired) electrons. The average Bonchev–Trinajstić information content (AvgIpc) is 2.24. The largest absolute Gasteiger partial charge is 0.359 e. The highest BCUT2D eigenvalue weighted by atomic mass is 32.2. The van der Waals surface area contributed by atoms with Crippen molar-refractivity contribution in [1.29, 1.82) is 0 Å². The van der Waals surface area contributed by atoms with Crippen LogP contribution in [-0.4, -0.2) is 29.9 Å². The first-order valence-corrected chi connectivity index (χ1v) is 7.07. The van der Waals surface area contributed by atoms with Gasteiger partial charge in [0.1, 0.15) is 5.72 Å². The van der Waals surface area contributed by atoms with E-state index in [9.17, 15) is 0 Å². The van der Waals surface area contributed by atoms with Crippen LogP contribution in [0, 0.1) is 5.41 Å². The Balaban J connectivity index is 1.95. The third-order valence-corrected chi connectivity index (χ3v) is 5.09. The quantitative estimate of drug-likeness (QED) is 0.747. The minimum absolute atomic E-state index is 0.0827. The van der Waals surface area contributed by atoms with Gasteiger partial charge in [0.25, 0.3) is 0 Å². The van der Waals surface area contributed by atoms with Crippen LogP contribution in [0.2, 0.25) is 0 Å². The normalized spacial score (nSPS) is 41.4. The van der Waals surface area contributed by atoms with E-state index >= 15 is 0 Å². The van der Waals surface area contributed by atoms with Crippen LogP contribution < -0.4 is 5.32 Å². The summed E-state index contributed by atoms with van der Waals surface area (Å²) in [5, 5.41) is 4.25. The molecular formula is C12H23NOS. The third kappa shape index (κ3) is 2.69. The van der Waals surface area contributed by atoms with Gasteiger partial charge in [-0.1, -0.05) is 20.3 Å². The van der Waals surface area contributed by atoms with E-state index in [1.54, 1.807) is 0 Å². The Morgan fingerprint density at radius 1 is 1.27 bits per heavy atom. The van der Waals surface area contributed by atoms with Crippen molar-refractivity contribution in [2.45, 2.75) is 51.0 Å². The molecule has 3 heteroatoms. The zero-order valence-corrected chi connectivity index (χ0v) is 11.0. The molecule has 2 atom stereocenters. The molecule has 2 aliphatic heterocycles. The van der Waals surface area contributed by atoms with E-state index in [1.165, 1.54) is 25.0 Å². The van der Waals surface area contributed by atoms with Gasteiger partial charge in [0.05, 0.1) is 6.61 Å². The molecule has 88 valence electrons. The van der Waals surface area contributed by atoms with E-state index in [0.717, 1.165) is 13.2 Å². The van der Waals surface area contributed by atoms with Gasteiger partial charge in [0.15, 0.2) is 0 Å². The molecule has 0 aromatic rings. The summed E-state index contributed by atoms with van der Waals surface area (Å²) in [5.74, 6) is 1.30. The summed E-state index contributed by atoms with van der Waals surface area (Å²) in [5.41, 5.74) is 0.208. The number of thioether (sulfide) groups is 1. The van der Waals surface area contributed by atoms with Gasteiger partial charge in [-0.15, -0.1) is 0 Å². The Hall–Kier alpha value is 0.270. The summed E-state index contributed by atoms with van der Waals surface area (Å²) >= 11 is 2.08. The van der Waals surface area contributed by atoms with Crippen LogP contribution in [0.1, 0.15) is 40.0 Å². The molecule has 0 aromatic heterocycles. The second-order valence-electron chi connectivity index (χ2n) is 5.77. The minimum atomic E-state index is -0.0827. The average molecular weight is 229 g/mol. The molecule has 0 amide bonds. The zero-order valence-electron chi connectivity index (χ0n) is 10.1. The van der Waals surface area contributed by atoms with Crippen LogP contribution in [0.15, 0.2) is 0 Å². The van der Waals surface area contributed by atoms with Crippen molar-refractivity contribution in [1.82, 2.24) is 5.32 Å². The van der Waals surface area contributed by atoms with E-state index in [2.05, 4.69) is 37.8 Å². The van der Waals surface area contributed by atoms with Gasteiger partial charge in [-0.05, 0) is 25.5 Å². The van der Waals surface area contributed by atoms with E-state index in [-0.39, 0.29) is 5.72 Å². The highest BCUT2D eigenvalue weighted by molar-refractivity contribution is 8.00. The first-order chi connectivity index (χ1) is 7.02. The molecule has 2 rings (SSSR count). The Morgan fingerprint density at radius 3 is 2.60 bits per heavy atom. The maximum atomic E-state index is 6.09. The van der Waals surface area contributed by atoms with E-state index in [4.69, 9.17) is 4.74 Å². The van der Waals surface area contributed by atoms with Crippen LogP contribution in [0.4, 0.5) is 0 Å². The van der Waals surface area contributed by atoms with Crippen molar-refractivity contribution < 1.29 is 4.74 Å². The number of hydrogen-bond acceptors (Lipinski definition) is 3. The van der Waals surface area contributed by atoms with Crippen molar-refractivity contribution in [3.8, 4) is 0 Å². The lowest BCUT2D eigenvalue weighted by molar-refractivity contribution is -0.127. The molecule has 15 heavy (non-hydrogen) atoms. The summed E-state index contributed by atoms with van der Waals surface area (Å²) in [6, 6.07) is 0. The summed E-state index contributed by atoms with van der Waals surface area (Å²) < 4.78 is 6.09. The van der Waals surface area contributed by atoms with Gasteiger partial charge in [0.2, 0.25) is 0 Å². The third-order valence-electron chi connectivity index (χ3n) is 3.47. The van der Waals surface area contributed by atoms with E-state index in [1.807, 2.05) is 0 Å². The predicted octanol–water partition coefficient (Wildman–Crippen LogP) is 2.63. The maximum absolute atomic E-state index is 6.09. The van der Waals surface area contributed by atoms with Crippen LogP contribution in [0.25, 0.3) is 0 Å². The van der Waals surface area contributed by atoms with Crippen LogP contribution in [0.3, 0.4) is 0 Å². The molecule has 0 aromatic carbocycles. The molecule has 1 N–H and O–H groups in total. The lowest BCUT2D eigenvalue weighted by atomic mass is 9.91. The SMILES string of the molecule is CC1(C)CNC(C)(C2CCCCS2)OC1. The van der Waals surface area contributed by atoms with Crippen molar-refractivity contribution in [2.75, 3.05) is 18.9 Å². The summed E-state index contributed by atoms with van der Waals surface area (Å²) in [4.78, 5) is 0. The molecule has 0 aliphatic carbocycles. The fourth-order valence-electron chi connectivity index (χ4n) is 2.24. The maximum Gasteiger partial charge on any atom is 0.128 e. The smallest absolute Gasteiger partial charge is 0.128 e. The van der Waals surface area contributed by atoms with E-state index < -0.39 is 0 Å². The van der Waals surface area contributed by atoms with Gasteiger partial charge >= 0.3 is 0 Å². The lowest BCUT2D eigenvalue weighted by Crippen LogP contribution is -2.61. The first-order valence-electron chi connectivity index (χ1n) is 6.02. The highest BCUT2D eigenvalue weighted by Gasteiger charge is 2.41.